The van der Waals surface area contributed by atoms with Crippen molar-refractivity contribution in [1.82, 2.24) is 0 Å². The number of benzene rings is 2. The first kappa shape index (κ1) is 20.6. The van der Waals surface area contributed by atoms with Crippen molar-refractivity contribution in [2.45, 2.75) is 19.3 Å². The van der Waals surface area contributed by atoms with Gasteiger partial charge in [0.05, 0.1) is 0 Å². The molecule has 0 radical (unpaired) electrons. The minimum atomic E-state index is -0.328. The van der Waals surface area contributed by atoms with E-state index in [4.69, 9.17) is 19.7 Å². The van der Waals surface area contributed by atoms with Crippen LogP contribution >= 0.6 is 15.9 Å². The molecule has 2 rings (SSSR count). The number of halogens is 1. The molecule has 7 nitrogen and oxygen atoms in total. The number of hydrogen-bond donors (Lipinski definition) is 0. The molecule has 0 atom stereocenters. The largest absolute Gasteiger partial charge is 0.490 e. The summed E-state index contributed by atoms with van der Waals surface area (Å²) in [6.07, 6.45) is 1.54. The fourth-order valence-electron chi connectivity index (χ4n) is 2.18. The second kappa shape index (κ2) is 11.8. The number of rotatable bonds is 11. The molecule has 8 heteroatoms. The van der Waals surface area contributed by atoms with Crippen LogP contribution in [0, 0.1) is 0 Å². The van der Waals surface area contributed by atoms with Crippen LogP contribution in [0.15, 0.2) is 58.1 Å². The van der Waals surface area contributed by atoms with Crippen LogP contribution in [0.1, 0.15) is 19.3 Å². The zero-order valence-electron chi connectivity index (χ0n) is 14.7. The van der Waals surface area contributed by atoms with Gasteiger partial charge in [-0.3, -0.25) is 4.79 Å². The average molecular weight is 434 g/mol. The standard InChI is InChI=1S/C19H20BrN3O4/c20-15-5-3-6-16(13-15)25-11-12-26-17-7-4-8-18(14-17)27-19(24)9-1-2-10-22-23-21/h3-8,13-14H,1-2,9-12H2. The van der Waals surface area contributed by atoms with Gasteiger partial charge in [0.2, 0.25) is 0 Å². The first-order valence-corrected chi connectivity index (χ1v) is 9.29. The second-order valence-corrected chi connectivity index (χ2v) is 6.43. The Morgan fingerprint density at radius 3 is 2.37 bits per heavy atom. The molecular formula is C19H20BrN3O4. The molecule has 0 saturated heterocycles. The summed E-state index contributed by atoms with van der Waals surface area (Å²) in [5.74, 6) is 1.46. The SMILES string of the molecule is [N-]=[N+]=NCCCCC(=O)Oc1cccc(OCCOc2cccc(Br)c2)c1. The minimum absolute atomic E-state index is 0.270. The highest BCUT2D eigenvalue weighted by Crippen LogP contribution is 2.21. The fraction of sp³-hybridized carbons (Fsp3) is 0.316. The topological polar surface area (TPSA) is 93.5 Å². The molecule has 0 aliphatic carbocycles. The highest BCUT2D eigenvalue weighted by Gasteiger charge is 2.06. The van der Waals surface area contributed by atoms with Gasteiger partial charge in [0, 0.05) is 28.4 Å². The quantitative estimate of drug-likeness (QED) is 0.120. The Balaban J connectivity index is 1.71. The summed E-state index contributed by atoms with van der Waals surface area (Å²) in [4.78, 5) is 14.5. The molecule has 0 aliphatic rings. The molecule has 0 bridgehead atoms. The average Bonchev–Trinajstić information content (AvgIpc) is 2.65. The zero-order valence-corrected chi connectivity index (χ0v) is 16.3. The van der Waals surface area contributed by atoms with Crippen molar-refractivity contribution in [2.24, 2.45) is 5.11 Å². The monoisotopic (exact) mass is 433 g/mol. The lowest BCUT2D eigenvalue weighted by Gasteiger charge is -2.10. The van der Waals surface area contributed by atoms with E-state index in [1.165, 1.54) is 0 Å². The van der Waals surface area contributed by atoms with Crippen molar-refractivity contribution in [2.75, 3.05) is 19.8 Å². The fourth-order valence-corrected chi connectivity index (χ4v) is 2.56. The summed E-state index contributed by atoms with van der Waals surface area (Å²) in [6.45, 7) is 1.14. The lowest BCUT2D eigenvalue weighted by atomic mass is 10.2. The van der Waals surface area contributed by atoms with Crippen LogP contribution in [0.2, 0.25) is 0 Å². The van der Waals surface area contributed by atoms with Crippen LogP contribution in [0.25, 0.3) is 10.4 Å². The first-order chi connectivity index (χ1) is 13.2. The Labute approximate surface area is 166 Å². The maximum absolute atomic E-state index is 11.8. The van der Waals surface area contributed by atoms with Crippen molar-refractivity contribution >= 4 is 21.9 Å². The molecule has 0 fully saturated rings. The summed E-state index contributed by atoms with van der Waals surface area (Å²) in [5.41, 5.74) is 8.19. The number of esters is 1. The molecule has 0 amide bonds. The number of unbranched alkanes of at least 4 members (excludes halogenated alkanes) is 1. The number of nitrogens with zero attached hydrogens (tertiary/aromatic N) is 3. The van der Waals surface area contributed by atoms with E-state index in [9.17, 15) is 4.79 Å². The highest BCUT2D eigenvalue weighted by molar-refractivity contribution is 9.10. The summed E-state index contributed by atoms with van der Waals surface area (Å²) in [6, 6.07) is 14.5. The van der Waals surface area contributed by atoms with Crippen LogP contribution in [0.4, 0.5) is 0 Å². The van der Waals surface area contributed by atoms with Crippen LogP contribution in [0.5, 0.6) is 17.2 Å². The zero-order chi connectivity index (χ0) is 19.3. The molecule has 0 heterocycles. The van der Waals surface area contributed by atoms with Gasteiger partial charge in [-0.1, -0.05) is 33.2 Å². The van der Waals surface area contributed by atoms with Gasteiger partial charge in [0.15, 0.2) is 0 Å². The maximum Gasteiger partial charge on any atom is 0.311 e. The molecule has 27 heavy (non-hydrogen) atoms. The van der Waals surface area contributed by atoms with Crippen molar-refractivity contribution in [3.63, 3.8) is 0 Å². The molecule has 0 spiro atoms. The van der Waals surface area contributed by atoms with E-state index >= 15 is 0 Å². The van der Waals surface area contributed by atoms with E-state index in [1.54, 1.807) is 24.3 Å². The van der Waals surface area contributed by atoms with Crippen molar-refractivity contribution < 1.29 is 19.0 Å². The van der Waals surface area contributed by atoms with E-state index in [1.807, 2.05) is 24.3 Å². The Bertz CT molecular complexity index is 794. The van der Waals surface area contributed by atoms with E-state index in [0.717, 1.165) is 10.2 Å². The van der Waals surface area contributed by atoms with Crippen molar-refractivity contribution in [1.29, 1.82) is 0 Å². The second-order valence-electron chi connectivity index (χ2n) is 5.51. The van der Waals surface area contributed by atoms with Gasteiger partial charge in [0.25, 0.3) is 0 Å². The van der Waals surface area contributed by atoms with Gasteiger partial charge >= 0.3 is 5.97 Å². The van der Waals surface area contributed by atoms with Crippen LogP contribution < -0.4 is 14.2 Å². The lowest BCUT2D eigenvalue weighted by Crippen LogP contribution is -2.10. The smallest absolute Gasteiger partial charge is 0.311 e. The van der Waals surface area contributed by atoms with Gasteiger partial charge in [0.1, 0.15) is 30.5 Å². The Hall–Kier alpha value is -2.70. The van der Waals surface area contributed by atoms with Gasteiger partial charge < -0.3 is 14.2 Å². The predicted octanol–water partition coefficient (Wildman–Crippen LogP) is 5.29. The van der Waals surface area contributed by atoms with Gasteiger partial charge in [-0.05, 0) is 48.7 Å². The molecule has 0 saturated carbocycles. The molecule has 142 valence electrons. The van der Waals surface area contributed by atoms with Crippen LogP contribution in [-0.2, 0) is 4.79 Å². The Kier molecular flexibility index (Phi) is 9.03. The molecule has 0 aromatic heterocycles. The van der Waals surface area contributed by atoms with Crippen LogP contribution in [-0.4, -0.2) is 25.7 Å². The molecule has 0 aliphatic heterocycles. The van der Waals surface area contributed by atoms with Crippen molar-refractivity contribution in [3.8, 4) is 17.2 Å². The Morgan fingerprint density at radius 2 is 1.67 bits per heavy atom. The predicted molar refractivity (Wildman–Crippen MR) is 105 cm³/mol. The summed E-state index contributed by atoms with van der Waals surface area (Å²) < 4.78 is 17.5. The highest BCUT2D eigenvalue weighted by atomic mass is 79.9. The number of carbonyl (C=O) groups excluding carboxylic acids is 1. The molecule has 0 N–H and O–H groups in total. The van der Waals surface area contributed by atoms with E-state index in [2.05, 4.69) is 26.0 Å². The molecule has 2 aromatic rings. The minimum Gasteiger partial charge on any atom is -0.490 e. The van der Waals surface area contributed by atoms with Crippen molar-refractivity contribution in [3.05, 3.63) is 63.4 Å². The van der Waals surface area contributed by atoms with Gasteiger partial charge in [-0.15, -0.1) is 0 Å². The molecule has 0 unspecified atom stereocenters. The first-order valence-electron chi connectivity index (χ1n) is 8.50. The third-order valence-corrected chi connectivity index (χ3v) is 3.90. The van der Waals surface area contributed by atoms with E-state index < -0.39 is 0 Å². The van der Waals surface area contributed by atoms with Gasteiger partial charge in [-0.25, -0.2) is 0 Å². The molecule has 2 aromatic carbocycles. The normalized spacial score (nSPS) is 9.96. The third kappa shape index (κ3) is 8.48. The number of azide groups is 1. The Morgan fingerprint density at radius 1 is 1.00 bits per heavy atom. The lowest BCUT2D eigenvalue weighted by molar-refractivity contribution is -0.134. The number of carbonyl (C=O) groups is 1. The number of ether oxygens (including phenoxy) is 3. The maximum atomic E-state index is 11.8. The third-order valence-electron chi connectivity index (χ3n) is 3.41. The summed E-state index contributed by atoms with van der Waals surface area (Å²) >= 11 is 3.39. The van der Waals surface area contributed by atoms with Crippen LogP contribution in [0.3, 0.4) is 0 Å². The summed E-state index contributed by atoms with van der Waals surface area (Å²) in [7, 11) is 0. The number of hydrogen-bond acceptors (Lipinski definition) is 5. The summed E-state index contributed by atoms with van der Waals surface area (Å²) in [5, 5.41) is 3.42. The van der Waals surface area contributed by atoms with Gasteiger partial charge in [-0.2, -0.15) is 0 Å². The van der Waals surface area contributed by atoms with E-state index in [-0.39, 0.29) is 12.4 Å². The van der Waals surface area contributed by atoms with E-state index in [0.29, 0.717) is 44.1 Å². The molecular weight excluding hydrogens is 414 g/mol.